The molecule has 0 spiro atoms. The van der Waals surface area contributed by atoms with Crippen LogP contribution in [-0.2, 0) is 0 Å². The van der Waals surface area contributed by atoms with Crippen LogP contribution in [0.4, 0.5) is 5.69 Å². The first-order valence-corrected chi connectivity index (χ1v) is 5.05. The Balaban J connectivity index is 3.33. The molecule has 6 nitrogen and oxygen atoms in total. The zero-order chi connectivity index (χ0) is 13.5. The topological polar surface area (TPSA) is 85.4 Å². The number of hydrogen-bond acceptors (Lipinski definition) is 5. The molecule has 92 valence electrons. The fourth-order valence-corrected chi connectivity index (χ4v) is 1.30. The third-order valence-corrected chi connectivity index (χ3v) is 1.97. The molecule has 0 amide bonds. The van der Waals surface area contributed by atoms with Gasteiger partial charge in [-0.1, -0.05) is 5.92 Å². The van der Waals surface area contributed by atoms with Crippen molar-refractivity contribution in [2.45, 2.75) is 6.92 Å². The highest BCUT2D eigenvalue weighted by atomic mass is 16.6. The first-order valence-electron chi connectivity index (χ1n) is 5.05. The van der Waals surface area contributed by atoms with E-state index in [2.05, 4.69) is 5.92 Å². The van der Waals surface area contributed by atoms with Crippen molar-refractivity contribution >= 4 is 5.69 Å². The van der Waals surface area contributed by atoms with E-state index in [0.717, 1.165) is 6.07 Å². The summed E-state index contributed by atoms with van der Waals surface area (Å²) in [6, 6.07) is 4.14. The summed E-state index contributed by atoms with van der Waals surface area (Å²) in [6.45, 7) is 1.96. The lowest BCUT2D eigenvalue weighted by atomic mass is 10.1. The van der Waals surface area contributed by atoms with Crippen LogP contribution in [0.25, 0.3) is 0 Å². The molecule has 0 N–H and O–H groups in total. The molecule has 0 saturated carbocycles. The molecule has 0 aliphatic carbocycles. The molecule has 6 heteroatoms. The lowest BCUT2D eigenvalue weighted by molar-refractivity contribution is -0.385. The number of nitro groups is 1. The van der Waals surface area contributed by atoms with Gasteiger partial charge in [0.15, 0.2) is 11.5 Å². The smallest absolute Gasteiger partial charge is 0.274 e. The molecular weight excluding hydrogens is 236 g/mol. The van der Waals surface area contributed by atoms with Crippen LogP contribution < -0.4 is 9.47 Å². The molecule has 0 heterocycles. The molecule has 18 heavy (non-hydrogen) atoms. The predicted octanol–water partition coefficient (Wildman–Crippen LogP) is 1.88. The van der Waals surface area contributed by atoms with Gasteiger partial charge in [0.2, 0.25) is 0 Å². The van der Waals surface area contributed by atoms with Crippen LogP contribution in [0.1, 0.15) is 12.5 Å². The normalized spacial score (nSPS) is 9.06. The maximum atomic E-state index is 10.7. The Bertz CT molecular complexity index is 540. The largest absolute Gasteiger partial charge is 0.490 e. The number of terminal acetylenes is 1. The average Bonchev–Trinajstić information content (AvgIpc) is 2.36. The zero-order valence-electron chi connectivity index (χ0n) is 9.67. The second-order valence-corrected chi connectivity index (χ2v) is 3.12. The third-order valence-electron chi connectivity index (χ3n) is 1.97. The molecule has 1 aromatic carbocycles. The van der Waals surface area contributed by atoms with Crippen molar-refractivity contribution in [2.75, 3.05) is 13.2 Å². The van der Waals surface area contributed by atoms with Gasteiger partial charge in [-0.2, -0.15) is 5.26 Å². The Labute approximate surface area is 104 Å². The average molecular weight is 246 g/mol. The van der Waals surface area contributed by atoms with Gasteiger partial charge in [0.25, 0.3) is 5.69 Å². The number of non-ortho nitro benzene ring substituents is 1. The van der Waals surface area contributed by atoms with E-state index in [1.165, 1.54) is 6.07 Å². The predicted molar refractivity (Wildman–Crippen MR) is 63.3 cm³/mol. The van der Waals surface area contributed by atoms with Crippen molar-refractivity contribution in [3.63, 3.8) is 0 Å². The highest BCUT2D eigenvalue weighted by molar-refractivity contribution is 5.59. The molecule has 0 aliphatic heterocycles. The molecule has 1 aromatic rings. The molecular formula is C12H10N2O4. The second kappa shape index (κ2) is 6.12. The Hall–Kier alpha value is -2.73. The summed E-state index contributed by atoms with van der Waals surface area (Å²) in [6.07, 6.45) is 5.06. The standard InChI is InChI=1S/C12H10N2O4/c1-3-5-18-12-9(8-13)6-10(14(15)16)7-11(12)17-4-2/h1,6-7H,4-5H2,2H3. The van der Waals surface area contributed by atoms with Crippen LogP contribution in [0.15, 0.2) is 12.1 Å². The molecule has 0 unspecified atom stereocenters. The number of nitriles is 1. The van der Waals surface area contributed by atoms with E-state index in [1.54, 1.807) is 6.92 Å². The maximum absolute atomic E-state index is 10.7. The maximum Gasteiger partial charge on any atom is 0.274 e. The molecule has 0 fully saturated rings. The van der Waals surface area contributed by atoms with E-state index >= 15 is 0 Å². The second-order valence-electron chi connectivity index (χ2n) is 3.12. The van der Waals surface area contributed by atoms with Crippen molar-refractivity contribution in [1.82, 2.24) is 0 Å². The molecule has 0 aliphatic rings. The van der Waals surface area contributed by atoms with E-state index in [4.69, 9.17) is 21.2 Å². The van der Waals surface area contributed by atoms with Gasteiger partial charge in [0, 0.05) is 6.07 Å². The van der Waals surface area contributed by atoms with Gasteiger partial charge in [-0.05, 0) is 6.92 Å². The van der Waals surface area contributed by atoms with Gasteiger partial charge in [0.05, 0.1) is 17.6 Å². The van der Waals surface area contributed by atoms with Crippen LogP contribution in [0.2, 0.25) is 0 Å². The fraction of sp³-hybridized carbons (Fsp3) is 0.250. The number of rotatable bonds is 5. The van der Waals surface area contributed by atoms with Crippen molar-refractivity contribution in [3.8, 4) is 29.9 Å². The van der Waals surface area contributed by atoms with E-state index < -0.39 is 4.92 Å². The number of hydrogen-bond donors (Lipinski definition) is 0. The summed E-state index contributed by atoms with van der Waals surface area (Å²) < 4.78 is 10.4. The van der Waals surface area contributed by atoms with E-state index in [0.29, 0.717) is 6.61 Å². The molecule has 0 aromatic heterocycles. The van der Waals surface area contributed by atoms with E-state index in [9.17, 15) is 10.1 Å². The fourth-order valence-electron chi connectivity index (χ4n) is 1.30. The summed E-state index contributed by atoms with van der Waals surface area (Å²) in [7, 11) is 0. The molecule has 0 atom stereocenters. The summed E-state index contributed by atoms with van der Waals surface area (Å²) in [4.78, 5) is 10.1. The van der Waals surface area contributed by atoms with Crippen LogP contribution >= 0.6 is 0 Å². The van der Waals surface area contributed by atoms with Gasteiger partial charge in [-0.15, -0.1) is 6.42 Å². The molecule has 0 bridgehead atoms. The molecule has 1 rings (SSSR count). The summed E-state index contributed by atoms with van der Waals surface area (Å²) >= 11 is 0. The number of nitro benzene ring substituents is 1. The summed E-state index contributed by atoms with van der Waals surface area (Å²) in [5.74, 6) is 2.52. The summed E-state index contributed by atoms with van der Waals surface area (Å²) in [5, 5.41) is 19.7. The Morgan fingerprint density at radius 3 is 2.72 bits per heavy atom. The highest BCUT2D eigenvalue weighted by Crippen LogP contribution is 2.35. The first-order chi connectivity index (χ1) is 8.63. The van der Waals surface area contributed by atoms with Gasteiger partial charge in [0.1, 0.15) is 18.2 Å². The lowest BCUT2D eigenvalue weighted by Crippen LogP contribution is -2.02. The monoisotopic (exact) mass is 246 g/mol. The summed E-state index contributed by atoms with van der Waals surface area (Å²) in [5.41, 5.74) is -0.217. The van der Waals surface area contributed by atoms with Gasteiger partial charge >= 0.3 is 0 Å². The lowest BCUT2D eigenvalue weighted by Gasteiger charge is -2.11. The van der Waals surface area contributed by atoms with Crippen molar-refractivity contribution in [1.29, 1.82) is 5.26 Å². The Kier molecular flexibility index (Phi) is 4.53. The van der Waals surface area contributed by atoms with E-state index in [-0.39, 0.29) is 29.4 Å². The minimum absolute atomic E-state index is 0.0166. The van der Waals surface area contributed by atoms with Gasteiger partial charge in [-0.3, -0.25) is 10.1 Å². The van der Waals surface area contributed by atoms with Crippen LogP contribution in [-0.4, -0.2) is 18.1 Å². The third kappa shape index (κ3) is 2.89. The Morgan fingerprint density at radius 2 is 2.22 bits per heavy atom. The molecule has 0 saturated heterocycles. The minimum Gasteiger partial charge on any atom is -0.490 e. The Morgan fingerprint density at radius 1 is 1.50 bits per heavy atom. The SMILES string of the molecule is C#CCOc1c(C#N)cc([N+](=O)[O-])cc1OCC. The minimum atomic E-state index is -0.603. The number of benzene rings is 1. The van der Waals surface area contributed by atoms with E-state index in [1.807, 2.05) is 6.07 Å². The van der Waals surface area contributed by atoms with Gasteiger partial charge in [-0.25, -0.2) is 0 Å². The molecule has 0 radical (unpaired) electrons. The van der Waals surface area contributed by atoms with Crippen LogP contribution in [0.5, 0.6) is 11.5 Å². The highest BCUT2D eigenvalue weighted by Gasteiger charge is 2.18. The van der Waals surface area contributed by atoms with Gasteiger partial charge < -0.3 is 9.47 Å². The van der Waals surface area contributed by atoms with Crippen molar-refractivity contribution in [2.24, 2.45) is 0 Å². The number of nitrogens with zero attached hydrogens (tertiary/aromatic N) is 2. The van der Waals surface area contributed by atoms with Crippen LogP contribution in [0.3, 0.4) is 0 Å². The van der Waals surface area contributed by atoms with Crippen LogP contribution in [0, 0.1) is 33.8 Å². The van der Waals surface area contributed by atoms with Crippen molar-refractivity contribution < 1.29 is 14.4 Å². The zero-order valence-corrected chi connectivity index (χ0v) is 9.67. The first kappa shape index (κ1) is 13.3. The number of ether oxygens (including phenoxy) is 2. The van der Waals surface area contributed by atoms with Crippen molar-refractivity contribution in [3.05, 3.63) is 27.8 Å². The quantitative estimate of drug-likeness (QED) is 0.449.